The Labute approximate surface area is 174 Å². The third kappa shape index (κ3) is 4.21. The van der Waals surface area contributed by atoms with Gasteiger partial charge in [-0.25, -0.2) is 18.1 Å². The number of aryl methyl sites for hydroxylation is 1. The number of guanidine groups is 1. The second-order valence-corrected chi connectivity index (χ2v) is 8.60. The van der Waals surface area contributed by atoms with Gasteiger partial charge in [0, 0.05) is 0 Å². The summed E-state index contributed by atoms with van der Waals surface area (Å²) in [7, 11) is -3.78. The maximum absolute atomic E-state index is 12.7. The first-order valence-electron chi connectivity index (χ1n) is 8.87. The summed E-state index contributed by atoms with van der Waals surface area (Å²) in [6, 6.07) is 19.7. The second kappa shape index (κ2) is 7.77. The minimum absolute atomic E-state index is 0.0799. The van der Waals surface area contributed by atoms with Crippen LogP contribution >= 0.6 is 11.6 Å². The number of benzene rings is 3. The van der Waals surface area contributed by atoms with Crippen molar-refractivity contribution in [1.29, 1.82) is 0 Å². The fourth-order valence-electron chi connectivity index (χ4n) is 2.85. The first-order chi connectivity index (χ1) is 13.9. The Morgan fingerprint density at radius 3 is 2.45 bits per heavy atom. The van der Waals surface area contributed by atoms with Crippen molar-refractivity contribution in [3.8, 4) is 11.5 Å². The lowest BCUT2D eigenvalue weighted by atomic mass is 10.1. The van der Waals surface area contributed by atoms with Crippen molar-refractivity contribution in [2.24, 2.45) is 4.99 Å². The summed E-state index contributed by atoms with van der Waals surface area (Å²) < 4.78 is 33.7. The number of para-hydroxylation sites is 2. The van der Waals surface area contributed by atoms with E-state index in [0.717, 1.165) is 11.1 Å². The topological polar surface area (TPSA) is 79.8 Å². The highest BCUT2D eigenvalue weighted by molar-refractivity contribution is 7.90. The van der Waals surface area contributed by atoms with E-state index in [1.165, 1.54) is 6.07 Å². The lowest BCUT2D eigenvalue weighted by molar-refractivity contribution is 0.483. The van der Waals surface area contributed by atoms with Crippen LogP contribution < -0.4 is 14.8 Å². The van der Waals surface area contributed by atoms with E-state index < -0.39 is 10.0 Å². The number of halogens is 1. The molecule has 0 aliphatic carbocycles. The molecule has 2 N–H and O–H groups in total. The summed E-state index contributed by atoms with van der Waals surface area (Å²) in [5.74, 6) is 0.899. The molecule has 0 fully saturated rings. The van der Waals surface area contributed by atoms with Crippen LogP contribution in [0.5, 0.6) is 11.5 Å². The highest BCUT2D eigenvalue weighted by Gasteiger charge is 2.29. The van der Waals surface area contributed by atoms with Crippen LogP contribution in [0.4, 0.5) is 5.69 Å². The summed E-state index contributed by atoms with van der Waals surface area (Å²) in [6.07, 6.45) is 0. The number of fused-ring (bicyclic) bond motifs is 1. The molecule has 0 atom stereocenters. The number of nitrogens with zero attached hydrogens (tertiary/aromatic N) is 1. The van der Waals surface area contributed by atoms with Crippen LogP contribution in [0.25, 0.3) is 0 Å². The summed E-state index contributed by atoms with van der Waals surface area (Å²) >= 11 is 6.17. The van der Waals surface area contributed by atoms with E-state index in [4.69, 9.17) is 16.3 Å². The summed E-state index contributed by atoms with van der Waals surface area (Å²) in [5, 5.41) is 3.46. The van der Waals surface area contributed by atoms with Crippen LogP contribution in [0.1, 0.15) is 11.1 Å². The lowest BCUT2D eigenvalue weighted by Gasteiger charge is -2.23. The van der Waals surface area contributed by atoms with E-state index in [0.29, 0.717) is 28.8 Å². The van der Waals surface area contributed by atoms with Gasteiger partial charge < -0.3 is 10.1 Å². The van der Waals surface area contributed by atoms with Gasteiger partial charge in [0.2, 0.25) is 5.96 Å². The molecule has 0 spiro atoms. The number of nitrogens with one attached hydrogen (secondary N) is 2. The van der Waals surface area contributed by atoms with Crippen molar-refractivity contribution in [3.05, 3.63) is 82.9 Å². The largest absolute Gasteiger partial charge is 0.454 e. The van der Waals surface area contributed by atoms with Crippen molar-refractivity contribution in [2.45, 2.75) is 18.4 Å². The third-order valence-electron chi connectivity index (χ3n) is 4.35. The average molecular weight is 428 g/mol. The van der Waals surface area contributed by atoms with Gasteiger partial charge in [-0.1, -0.05) is 59.6 Å². The predicted molar refractivity (Wildman–Crippen MR) is 114 cm³/mol. The Morgan fingerprint density at radius 2 is 1.69 bits per heavy atom. The molecule has 3 aromatic rings. The van der Waals surface area contributed by atoms with Gasteiger partial charge in [0.15, 0.2) is 5.75 Å². The predicted octanol–water partition coefficient (Wildman–Crippen LogP) is 4.70. The molecular weight excluding hydrogens is 410 g/mol. The minimum Gasteiger partial charge on any atom is -0.454 e. The number of sulfonamides is 1. The van der Waals surface area contributed by atoms with E-state index in [1.807, 2.05) is 31.2 Å². The third-order valence-corrected chi connectivity index (χ3v) is 6.04. The van der Waals surface area contributed by atoms with Crippen LogP contribution in [-0.4, -0.2) is 14.4 Å². The lowest BCUT2D eigenvalue weighted by Crippen LogP contribution is -2.40. The van der Waals surface area contributed by atoms with Gasteiger partial charge in [0.05, 0.1) is 11.6 Å². The number of aliphatic imine (C=N–C) groups is 1. The smallest absolute Gasteiger partial charge is 0.266 e. The molecule has 4 rings (SSSR count). The van der Waals surface area contributed by atoms with Gasteiger partial charge in [-0.05, 0) is 36.8 Å². The van der Waals surface area contributed by atoms with Crippen LogP contribution in [0.15, 0.2) is 76.6 Å². The first-order valence-corrected chi connectivity index (χ1v) is 10.7. The molecule has 0 unspecified atom stereocenters. The van der Waals surface area contributed by atoms with Gasteiger partial charge in [-0.15, -0.1) is 0 Å². The molecule has 1 heterocycles. The molecule has 3 aromatic carbocycles. The number of hydrogen-bond donors (Lipinski definition) is 2. The van der Waals surface area contributed by atoms with E-state index >= 15 is 0 Å². The fourth-order valence-corrected chi connectivity index (χ4v) is 4.18. The molecule has 0 saturated heterocycles. The minimum atomic E-state index is -3.78. The Kier molecular flexibility index (Phi) is 5.17. The van der Waals surface area contributed by atoms with E-state index in [-0.39, 0.29) is 10.9 Å². The van der Waals surface area contributed by atoms with Crippen LogP contribution in [0.3, 0.4) is 0 Å². The zero-order chi connectivity index (χ0) is 20.4. The number of hydrogen-bond acceptors (Lipinski definition) is 4. The molecule has 148 valence electrons. The van der Waals surface area contributed by atoms with Crippen molar-refractivity contribution < 1.29 is 13.2 Å². The van der Waals surface area contributed by atoms with Crippen molar-refractivity contribution in [2.75, 3.05) is 5.32 Å². The molecule has 0 saturated carbocycles. The monoisotopic (exact) mass is 427 g/mol. The molecule has 1 aliphatic rings. The fraction of sp³-hybridized carbons (Fsp3) is 0.0952. The van der Waals surface area contributed by atoms with Gasteiger partial charge in [-0.2, -0.15) is 0 Å². The molecular formula is C21H18ClN3O3S. The van der Waals surface area contributed by atoms with Gasteiger partial charge in [0.1, 0.15) is 16.3 Å². The normalized spacial score (nSPS) is 15.9. The SMILES string of the molecule is Cc1ccc(CN=C2Nc3c(Oc4ccccc4Cl)cccc3S(=O)(=O)N2)cc1. The van der Waals surface area contributed by atoms with Crippen LogP contribution in [-0.2, 0) is 16.6 Å². The molecule has 1 aliphatic heterocycles. The highest BCUT2D eigenvalue weighted by Crippen LogP contribution is 2.38. The van der Waals surface area contributed by atoms with Crippen LogP contribution in [0, 0.1) is 6.92 Å². The van der Waals surface area contributed by atoms with Gasteiger partial charge in [0.25, 0.3) is 10.0 Å². The molecule has 0 amide bonds. The Bertz CT molecular complexity index is 1190. The highest BCUT2D eigenvalue weighted by atomic mass is 35.5. The Balaban J connectivity index is 1.67. The quantitative estimate of drug-likeness (QED) is 0.632. The standard InChI is InChI=1S/C21H18ClN3O3S/c1-14-9-11-15(12-10-14)13-23-21-24-20-18(28-17-6-3-2-5-16(17)22)7-4-8-19(20)29(26,27)25-21/h2-12H,13H2,1H3,(H2,23,24,25). The van der Waals surface area contributed by atoms with E-state index in [1.54, 1.807) is 36.4 Å². The second-order valence-electron chi connectivity index (χ2n) is 6.54. The number of anilines is 1. The van der Waals surface area contributed by atoms with Gasteiger partial charge in [-0.3, -0.25) is 0 Å². The zero-order valence-corrected chi connectivity index (χ0v) is 17.1. The molecule has 29 heavy (non-hydrogen) atoms. The van der Waals surface area contributed by atoms with Crippen LogP contribution in [0.2, 0.25) is 5.02 Å². The summed E-state index contributed by atoms with van der Waals surface area (Å²) in [5.41, 5.74) is 2.43. The van der Waals surface area contributed by atoms with Gasteiger partial charge >= 0.3 is 0 Å². The van der Waals surface area contributed by atoms with Crippen molar-refractivity contribution in [1.82, 2.24) is 4.72 Å². The Hall–Kier alpha value is -3.03. The summed E-state index contributed by atoms with van der Waals surface area (Å²) in [6.45, 7) is 2.33. The maximum Gasteiger partial charge on any atom is 0.266 e. The summed E-state index contributed by atoms with van der Waals surface area (Å²) in [4.78, 5) is 4.46. The molecule has 6 nitrogen and oxygen atoms in total. The first kappa shape index (κ1) is 19.3. The van der Waals surface area contributed by atoms with Crippen molar-refractivity contribution in [3.63, 3.8) is 0 Å². The zero-order valence-electron chi connectivity index (χ0n) is 15.5. The number of ether oxygens (including phenoxy) is 1. The average Bonchev–Trinajstić information content (AvgIpc) is 2.69. The Morgan fingerprint density at radius 1 is 0.966 bits per heavy atom. The van der Waals surface area contributed by atoms with E-state index in [2.05, 4.69) is 15.0 Å². The number of rotatable bonds is 4. The molecule has 8 heteroatoms. The maximum atomic E-state index is 12.7. The van der Waals surface area contributed by atoms with E-state index in [9.17, 15) is 8.42 Å². The molecule has 0 aromatic heterocycles. The molecule has 0 radical (unpaired) electrons. The van der Waals surface area contributed by atoms with Crippen molar-refractivity contribution >= 4 is 33.3 Å². The molecule has 0 bridgehead atoms.